The molecule has 0 amide bonds. The summed E-state index contributed by atoms with van der Waals surface area (Å²) >= 11 is 0. The van der Waals surface area contributed by atoms with Crippen molar-refractivity contribution in [3.05, 3.63) is 29.3 Å². The highest BCUT2D eigenvalue weighted by Gasteiger charge is 2.21. The summed E-state index contributed by atoms with van der Waals surface area (Å²) in [5, 5.41) is 8.63. The van der Waals surface area contributed by atoms with Gasteiger partial charge >= 0.3 is 0 Å². The summed E-state index contributed by atoms with van der Waals surface area (Å²) in [7, 11) is 0. The van der Waals surface area contributed by atoms with E-state index in [0.717, 1.165) is 18.5 Å². The van der Waals surface area contributed by atoms with Crippen LogP contribution in [0.15, 0.2) is 18.2 Å². The third kappa shape index (κ3) is 1.38. The minimum absolute atomic E-state index is 0.445. The fourth-order valence-electron chi connectivity index (χ4n) is 2.05. The summed E-state index contributed by atoms with van der Waals surface area (Å²) in [5.74, 6) is 0.445. The smallest absolute Gasteiger partial charge is 0.0628 e. The van der Waals surface area contributed by atoms with Crippen molar-refractivity contribution in [2.45, 2.75) is 25.2 Å². The fourth-order valence-corrected chi connectivity index (χ4v) is 2.05. The van der Waals surface area contributed by atoms with Crippen LogP contribution in [0.25, 0.3) is 0 Å². The molecule has 13 heavy (non-hydrogen) atoms. The third-order valence-electron chi connectivity index (χ3n) is 2.71. The van der Waals surface area contributed by atoms with Gasteiger partial charge in [-0.15, -0.1) is 0 Å². The molecule has 0 radical (unpaired) electrons. The minimum Gasteiger partial charge on any atom is -0.399 e. The zero-order chi connectivity index (χ0) is 9.26. The molecule has 66 valence electrons. The number of hydrogen-bond donors (Lipinski definition) is 1. The maximum absolute atomic E-state index is 8.63. The predicted molar refractivity (Wildman–Crippen MR) is 52.1 cm³/mol. The Balaban J connectivity index is 2.34. The van der Waals surface area contributed by atoms with Crippen molar-refractivity contribution >= 4 is 5.69 Å². The number of nitrogens with zero attached hydrogens (tertiary/aromatic N) is 1. The second kappa shape index (κ2) is 3.10. The number of nitriles is 1. The average molecular weight is 172 g/mol. The van der Waals surface area contributed by atoms with Gasteiger partial charge in [-0.3, -0.25) is 0 Å². The topological polar surface area (TPSA) is 49.8 Å². The van der Waals surface area contributed by atoms with Gasteiger partial charge in [-0.05, 0) is 42.0 Å². The number of nitrogens with two attached hydrogens (primary N) is 1. The average Bonchev–Trinajstić information content (AvgIpc) is 2.49. The zero-order valence-electron chi connectivity index (χ0n) is 7.46. The number of anilines is 1. The van der Waals surface area contributed by atoms with Gasteiger partial charge in [0.05, 0.1) is 6.07 Å². The van der Waals surface area contributed by atoms with Gasteiger partial charge in [0.15, 0.2) is 0 Å². The molecule has 0 aliphatic heterocycles. The van der Waals surface area contributed by atoms with Crippen LogP contribution in [0.2, 0.25) is 0 Å². The summed E-state index contributed by atoms with van der Waals surface area (Å²) in [5.41, 5.74) is 9.18. The number of fused-ring (bicyclic) bond motifs is 1. The monoisotopic (exact) mass is 172 g/mol. The van der Waals surface area contributed by atoms with Crippen molar-refractivity contribution in [1.29, 1.82) is 5.26 Å². The van der Waals surface area contributed by atoms with Crippen molar-refractivity contribution in [3.63, 3.8) is 0 Å². The largest absolute Gasteiger partial charge is 0.399 e. The molecular weight excluding hydrogens is 160 g/mol. The maximum Gasteiger partial charge on any atom is 0.0628 e. The lowest BCUT2D eigenvalue weighted by Crippen LogP contribution is -1.92. The van der Waals surface area contributed by atoms with E-state index in [0.29, 0.717) is 12.3 Å². The lowest BCUT2D eigenvalue weighted by Gasteiger charge is -2.06. The molecule has 0 saturated heterocycles. The maximum atomic E-state index is 8.63. The van der Waals surface area contributed by atoms with Gasteiger partial charge in [0.2, 0.25) is 0 Å². The van der Waals surface area contributed by atoms with Crippen LogP contribution < -0.4 is 5.73 Å². The second-order valence-corrected chi connectivity index (χ2v) is 3.56. The standard InChI is InChI=1S/C11H12N2/c12-6-5-8-1-2-9-7-10(13)3-4-11(8)9/h3-4,7-8H,1-2,5,13H2. The molecule has 0 saturated carbocycles. The number of hydrogen-bond acceptors (Lipinski definition) is 2. The van der Waals surface area contributed by atoms with Crippen LogP contribution in [-0.2, 0) is 6.42 Å². The van der Waals surface area contributed by atoms with E-state index in [1.54, 1.807) is 0 Å². The quantitative estimate of drug-likeness (QED) is 0.660. The second-order valence-electron chi connectivity index (χ2n) is 3.56. The molecule has 1 aliphatic carbocycles. The van der Waals surface area contributed by atoms with E-state index in [1.807, 2.05) is 12.1 Å². The van der Waals surface area contributed by atoms with Crippen molar-refractivity contribution in [2.75, 3.05) is 5.73 Å². The molecule has 2 heteroatoms. The van der Waals surface area contributed by atoms with Gasteiger partial charge in [-0.1, -0.05) is 6.07 Å². The lowest BCUT2D eigenvalue weighted by molar-refractivity contribution is 0.695. The Bertz CT molecular complexity index is 363. The summed E-state index contributed by atoms with van der Waals surface area (Å²) in [4.78, 5) is 0. The molecule has 2 rings (SSSR count). The molecular formula is C11H12N2. The molecule has 2 N–H and O–H groups in total. The molecule has 0 fully saturated rings. The third-order valence-corrected chi connectivity index (χ3v) is 2.71. The van der Waals surface area contributed by atoms with E-state index < -0.39 is 0 Å². The Morgan fingerprint density at radius 3 is 3.15 bits per heavy atom. The first-order chi connectivity index (χ1) is 6.31. The van der Waals surface area contributed by atoms with Gasteiger partial charge in [-0.2, -0.15) is 5.26 Å². The van der Waals surface area contributed by atoms with Gasteiger partial charge in [0.25, 0.3) is 0 Å². The van der Waals surface area contributed by atoms with Gasteiger partial charge in [-0.25, -0.2) is 0 Å². The van der Waals surface area contributed by atoms with Crippen LogP contribution in [0.4, 0.5) is 5.69 Å². The molecule has 1 atom stereocenters. The van der Waals surface area contributed by atoms with E-state index in [4.69, 9.17) is 11.0 Å². The SMILES string of the molecule is N#CCC1CCc2cc(N)ccc21. The Hall–Kier alpha value is -1.49. The van der Waals surface area contributed by atoms with Crippen molar-refractivity contribution in [2.24, 2.45) is 0 Å². The van der Waals surface area contributed by atoms with Crippen LogP contribution >= 0.6 is 0 Å². The van der Waals surface area contributed by atoms with Crippen LogP contribution in [0, 0.1) is 11.3 Å². The number of nitrogen functional groups attached to an aromatic ring is 1. The molecule has 1 aromatic carbocycles. The zero-order valence-corrected chi connectivity index (χ0v) is 7.46. The van der Waals surface area contributed by atoms with Crippen LogP contribution in [0.1, 0.15) is 29.9 Å². The van der Waals surface area contributed by atoms with Gasteiger partial charge in [0.1, 0.15) is 0 Å². The molecule has 0 heterocycles. The molecule has 0 spiro atoms. The van der Waals surface area contributed by atoms with E-state index >= 15 is 0 Å². The highest BCUT2D eigenvalue weighted by Crippen LogP contribution is 2.35. The Labute approximate surface area is 78.0 Å². The number of rotatable bonds is 1. The van der Waals surface area contributed by atoms with Crippen molar-refractivity contribution in [3.8, 4) is 6.07 Å². The predicted octanol–water partition coefficient (Wildman–Crippen LogP) is 2.21. The normalized spacial score (nSPS) is 19.5. The van der Waals surface area contributed by atoms with E-state index in [-0.39, 0.29) is 0 Å². The minimum atomic E-state index is 0.445. The molecule has 1 unspecified atom stereocenters. The fraction of sp³-hybridized carbons (Fsp3) is 0.364. The van der Waals surface area contributed by atoms with Crippen molar-refractivity contribution in [1.82, 2.24) is 0 Å². The highest BCUT2D eigenvalue weighted by molar-refractivity contribution is 5.48. The lowest BCUT2D eigenvalue weighted by atomic mass is 9.98. The van der Waals surface area contributed by atoms with Gasteiger partial charge in [0, 0.05) is 12.1 Å². The molecule has 0 aromatic heterocycles. The summed E-state index contributed by atoms with van der Waals surface area (Å²) in [6.45, 7) is 0. The number of aryl methyl sites for hydroxylation is 1. The molecule has 2 nitrogen and oxygen atoms in total. The molecule has 0 bridgehead atoms. The van der Waals surface area contributed by atoms with Crippen molar-refractivity contribution < 1.29 is 0 Å². The van der Waals surface area contributed by atoms with Crippen LogP contribution in [0.5, 0.6) is 0 Å². The Kier molecular flexibility index (Phi) is 1.94. The Morgan fingerprint density at radius 2 is 2.38 bits per heavy atom. The van der Waals surface area contributed by atoms with Crippen LogP contribution in [-0.4, -0.2) is 0 Å². The van der Waals surface area contributed by atoms with E-state index in [1.165, 1.54) is 11.1 Å². The van der Waals surface area contributed by atoms with E-state index in [9.17, 15) is 0 Å². The first-order valence-electron chi connectivity index (χ1n) is 4.56. The van der Waals surface area contributed by atoms with E-state index in [2.05, 4.69) is 12.1 Å². The number of benzene rings is 1. The highest BCUT2D eigenvalue weighted by atomic mass is 14.5. The molecule has 1 aromatic rings. The van der Waals surface area contributed by atoms with Crippen LogP contribution in [0.3, 0.4) is 0 Å². The van der Waals surface area contributed by atoms with Gasteiger partial charge < -0.3 is 5.73 Å². The first-order valence-corrected chi connectivity index (χ1v) is 4.56. The first kappa shape index (κ1) is 8.12. The summed E-state index contributed by atoms with van der Waals surface area (Å²) in [6.07, 6.45) is 2.82. The molecule has 1 aliphatic rings. The summed E-state index contributed by atoms with van der Waals surface area (Å²) in [6, 6.07) is 8.26. The summed E-state index contributed by atoms with van der Waals surface area (Å²) < 4.78 is 0. The Morgan fingerprint density at radius 1 is 1.54 bits per heavy atom.